The Hall–Kier alpha value is -0.620. The molecule has 0 amide bonds. The molecule has 0 aliphatic rings. The number of halogens is 5. The molecular weight excluding hydrogens is 286 g/mol. The first kappa shape index (κ1) is 11.5. The van der Waals surface area contributed by atoms with E-state index < -0.39 is 23.3 Å². The maximum atomic E-state index is 12.7. The van der Waals surface area contributed by atoms with Gasteiger partial charge in [-0.25, -0.2) is 13.8 Å². The molecule has 1 aromatic heterocycles. The standard InChI is InChI=1S/C7H2BrClF3NO/c8-4-2(6(9)14)1-3(10)13-5(4)7(11)12/h1,7H. The second kappa shape index (κ2) is 4.27. The molecular formula is C7H2BrClF3NO. The number of hydrogen-bond donors (Lipinski definition) is 0. The highest BCUT2D eigenvalue weighted by molar-refractivity contribution is 9.10. The van der Waals surface area contributed by atoms with Gasteiger partial charge in [0.05, 0.1) is 10.0 Å². The third-order valence-corrected chi connectivity index (χ3v) is 2.41. The van der Waals surface area contributed by atoms with Crippen LogP contribution in [0.25, 0.3) is 0 Å². The average molecular weight is 288 g/mol. The first-order valence-corrected chi connectivity index (χ1v) is 4.44. The Morgan fingerprint density at radius 3 is 2.57 bits per heavy atom. The van der Waals surface area contributed by atoms with Gasteiger partial charge in [0.15, 0.2) is 0 Å². The van der Waals surface area contributed by atoms with Crippen molar-refractivity contribution in [2.75, 3.05) is 0 Å². The summed E-state index contributed by atoms with van der Waals surface area (Å²) in [5.41, 5.74) is -1.21. The smallest absolute Gasteiger partial charge is 0.276 e. The minimum atomic E-state index is -2.98. The van der Waals surface area contributed by atoms with Crippen LogP contribution in [-0.4, -0.2) is 10.2 Å². The van der Waals surface area contributed by atoms with E-state index >= 15 is 0 Å². The van der Waals surface area contributed by atoms with Crippen LogP contribution in [0.3, 0.4) is 0 Å². The zero-order chi connectivity index (χ0) is 10.9. The predicted octanol–water partition coefficient (Wildman–Crippen LogP) is 3.30. The first-order chi connectivity index (χ1) is 6.43. The molecule has 0 spiro atoms. The summed E-state index contributed by atoms with van der Waals surface area (Å²) < 4.78 is 36.8. The molecule has 7 heteroatoms. The van der Waals surface area contributed by atoms with Crippen molar-refractivity contribution in [1.29, 1.82) is 0 Å². The Morgan fingerprint density at radius 1 is 1.57 bits per heavy atom. The van der Waals surface area contributed by atoms with Gasteiger partial charge in [-0.3, -0.25) is 4.79 Å². The molecule has 0 unspecified atom stereocenters. The van der Waals surface area contributed by atoms with Crippen LogP contribution in [-0.2, 0) is 0 Å². The van der Waals surface area contributed by atoms with Crippen molar-refractivity contribution in [2.24, 2.45) is 0 Å². The van der Waals surface area contributed by atoms with E-state index in [1.807, 2.05) is 0 Å². The van der Waals surface area contributed by atoms with Gasteiger partial charge in [-0.2, -0.15) is 4.39 Å². The molecule has 0 N–H and O–H groups in total. The molecule has 0 atom stereocenters. The number of nitrogens with zero attached hydrogens (tertiary/aromatic N) is 1. The van der Waals surface area contributed by atoms with Gasteiger partial charge in [-0.15, -0.1) is 0 Å². The number of alkyl halides is 2. The lowest BCUT2D eigenvalue weighted by atomic mass is 10.2. The molecule has 1 aromatic rings. The van der Waals surface area contributed by atoms with Crippen molar-refractivity contribution in [3.8, 4) is 0 Å². The summed E-state index contributed by atoms with van der Waals surface area (Å²) in [4.78, 5) is 13.6. The third-order valence-electron chi connectivity index (χ3n) is 1.37. The van der Waals surface area contributed by atoms with Gasteiger partial charge in [0.2, 0.25) is 5.95 Å². The number of hydrogen-bond acceptors (Lipinski definition) is 2. The van der Waals surface area contributed by atoms with Crippen LogP contribution in [0.5, 0.6) is 0 Å². The summed E-state index contributed by atoms with van der Waals surface area (Å²) >= 11 is 7.75. The molecule has 0 fully saturated rings. The second-order valence-electron chi connectivity index (χ2n) is 2.27. The highest BCUT2D eigenvalue weighted by atomic mass is 79.9. The third kappa shape index (κ3) is 2.24. The van der Waals surface area contributed by atoms with Gasteiger partial charge < -0.3 is 0 Å². The summed E-state index contributed by atoms with van der Waals surface area (Å²) in [6, 6.07) is 0.686. The molecule has 0 aliphatic heterocycles. The molecule has 0 radical (unpaired) electrons. The molecule has 1 heterocycles. The van der Waals surface area contributed by atoms with E-state index in [2.05, 4.69) is 20.9 Å². The van der Waals surface area contributed by atoms with Gasteiger partial charge in [-0.1, -0.05) is 0 Å². The Bertz CT molecular complexity index is 385. The van der Waals surface area contributed by atoms with Gasteiger partial charge in [-0.05, 0) is 27.5 Å². The molecule has 14 heavy (non-hydrogen) atoms. The van der Waals surface area contributed by atoms with E-state index in [4.69, 9.17) is 11.6 Å². The van der Waals surface area contributed by atoms with Crippen molar-refractivity contribution < 1.29 is 18.0 Å². The molecule has 1 rings (SSSR count). The second-order valence-corrected chi connectivity index (χ2v) is 3.40. The Kier molecular flexibility index (Phi) is 3.49. The lowest BCUT2D eigenvalue weighted by molar-refractivity contribution is 0.107. The lowest BCUT2D eigenvalue weighted by Crippen LogP contribution is -2.02. The Labute approximate surface area is 90.2 Å². The van der Waals surface area contributed by atoms with Crippen molar-refractivity contribution in [3.63, 3.8) is 0 Å². The van der Waals surface area contributed by atoms with E-state index in [0.29, 0.717) is 6.07 Å². The van der Waals surface area contributed by atoms with Crippen LogP contribution < -0.4 is 0 Å². The molecule has 0 saturated carbocycles. The number of aromatic nitrogens is 1. The van der Waals surface area contributed by atoms with Crippen LogP contribution in [0, 0.1) is 5.95 Å². The van der Waals surface area contributed by atoms with Crippen LogP contribution in [0.2, 0.25) is 0 Å². The van der Waals surface area contributed by atoms with Gasteiger partial charge in [0, 0.05) is 6.07 Å². The molecule has 2 nitrogen and oxygen atoms in total. The normalized spacial score (nSPS) is 10.7. The van der Waals surface area contributed by atoms with Crippen molar-refractivity contribution >= 4 is 32.8 Å². The molecule has 0 bridgehead atoms. The summed E-state index contributed by atoms with van der Waals surface area (Å²) in [7, 11) is 0. The first-order valence-electron chi connectivity index (χ1n) is 3.27. The molecule has 0 saturated heterocycles. The van der Waals surface area contributed by atoms with Gasteiger partial charge >= 0.3 is 0 Å². The van der Waals surface area contributed by atoms with E-state index in [-0.39, 0.29) is 10.0 Å². The fraction of sp³-hybridized carbons (Fsp3) is 0.143. The summed E-state index contributed by atoms with van der Waals surface area (Å²) in [6.07, 6.45) is -2.98. The van der Waals surface area contributed by atoms with Gasteiger partial charge in [0.25, 0.3) is 11.7 Å². The summed E-state index contributed by atoms with van der Waals surface area (Å²) in [5.74, 6) is -1.17. The highest BCUT2D eigenvalue weighted by Crippen LogP contribution is 2.29. The zero-order valence-corrected chi connectivity index (χ0v) is 8.74. The largest absolute Gasteiger partial charge is 0.281 e. The topological polar surface area (TPSA) is 30.0 Å². The minimum Gasteiger partial charge on any atom is -0.276 e. The van der Waals surface area contributed by atoms with Crippen LogP contribution in [0.15, 0.2) is 10.5 Å². The fourth-order valence-electron chi connectivity index (χ4n) is 0.804. The number of carbonyl (C=O) groups excluding carboxylic acids is 1. The summed E-state index contributed by atoms with van der Waals surface area (Å²) in [5, 5.41) is -1.03. The average Bonchev–Trinajstić information content (AvgIpc) is 2.07. The molecule has 0 aliphatic carbocycles. The van der Waals surface area contributed by atoms with Crippen LogP contribution >= 0.6 is 27.5 Å². The number of pyridine rings is 1. The fourth-order valence-corrected chi connectivity index (χ4v) is 1.62. The molecule has 0 aromatic carbocycles. The van der Waals surface area contributed by atoms with E-state index in [9.17, 15) is 18.0 Å². The summed E-state index contributed by atoms with van der Waals surface area (Å²) in [6.45, 7) is 0. The monoisotopic (exact) mass is 287 g/mol. The van der Waals surface area contributed by atoms with E-state index in [1.165, 1.54) is 0 Å². The van der Waals surface area contributed by atoms with Crippen molar-refractivity contribution in [3.05, 3.63) is 27.7 Å². The predicted molar refractivity (Wildman–Crippen MR) is 47.0 cm³/mol. The quantitative estimate of drug-likeness (QED) is 0.617. The Morgan fingerprint density at radius 2 is 2.14 bits per heavy atom. The Balaban J connectivity index is 3.40. The van der Waals surface area contributed by atoms with Crippen LogP contribution in [0.4, 0.5) is 13.2 Å². The van der Waals surface area contributed by atoms with Crippen molar-refractivity contribution in [2.45, 2.75) is 6.43 Å². The maximum Gasteiger partial charge on any atom is 0.281 e. The molecule has 76 valence electrons. The van der Waals surface area contributed by atoms with E-state index in [1.54, 1.807) is 0 Å². The van der Waals surface area contributed by atoms with E-state index in [0.717, 1.165) is 0 Å². The van der Waals surface area contributed by atoms with Crippen molar-refractivity contribution in [1.82, 2.24) is 4.98 Å². The number of rotatable bonds is 2. The van der Waals surface area contributed by atoms with Crippen LogP contribution in [0.1, 0.15) is 22.5 Å². The SMILES string of the molecule is O=C(Cl)c1cc(F)nc(C(F)F)c1Br. The number of carbonyl (C=O) groups is 1. The zero-order valence-electron chi connectivity index (χ0n) is 6.40. The highest BCUT2D eigenvalue weighted by Gasteiger charge is 2.20. The minimum absolute atomic E-state index is 0.283. The van der Waals surface area contributed by atoms with Gasteiger partial charge in [0.1, 0.15) is 5.69 Å². The maximum absolute atomic E-state index is 12.7. The lowest BCUT2D eigenvalue weighted by Gasteiger charge is -2.05.